The van der Waals surface area contributed by atoms with E-state index in [9.17, 15) is 4.79 Å². The molecule has 0 aliphatic carbocycles. The van der Waals surface area contributed by atoms with Crippen LogP contribution < -0.4 is 15.8 Å². The van der Waals surface area contributed by atoms with E-state index >= 15 is 0 Å². The van der Waals surface area contributed by atoms with E-state index in [0.29, 0.717) is 17.4 Å². The average Bonchev–Trinajstić information content (AvgIpc) is 2.47. The van der Waals surface area contributed by atoms with E-state index in [4.69, 9.17) is 10.5 Å². The maximum atomic E-state index is 11.9. The van der Waals surface area contributed by atoms with Crippen molar-refractivity contribution in [2.24, 2.45) is 0 Å². The molecule has 2 aromatic rings. The zero-order valence-electron chi connectivity index (χ0n) is 13.5. The van der Waals surface area contributed by atoms with Gasteiger partial charge < -0.3 is 15.8 Å². The molecule has 1 aromatic carbocycles. The summed E-state index contributed by atoms with van der Waals surface area (Å²) in [7, 11) is 0. The standard InChI is InChI=1S/C17H21N3O2.ClH/c1-11(2)14-6-4-12(3)8-15(14)22-10-17(21)20-13-5-7-16(18)19-9-13;/h4-9,11H,10H2,1-3H3,(H2,18,19)(H,20,21);1H. The molecular formula is C17H22ClN3O2. The molecule has 1 aromatic heterocycles. The molecule has 124 valence electrons. The lowest BCUT2D eigenvalue weighted by molar-refractivity contribution is -0.118. The Bertz CT molecular complexity index is 657. The van der Waals surface area contributed by atoms with E-state index in [1.54, 1.807) is 12.1 Å². The molecule has 23 heavy (non-hydrogen) atoms. The van der Waals surface area contributed by atoms with Crippen LogP contribution in [0.3, 0.4) is 0 Å². The fourth-order valence-corrected chi connectivity index (χ4v) is 2.06. The van der Waals surface area contributed by atoms with E-state index in [0.717, 1.165) is 16.9 Å². The predicted octanol–water partition coefficient (Wildman–Crippen LogP) is 3.53. The van der Waals surface area contributed by atoms with Crippen molar-refractivity contribution in [3.05, 3.63) is 47.7 Å². The Labute approximate surface area is 142 Å². The van der Waals surface area contributed by atoms with Crippen LogP contribution in [0.4, 0.5) is 11.5 Å². The molecule has 1 heterocycles. The lowest BCUT2D eigenvalue weighted by Gasteiger charge is -2.14. The highest BCUT2D eigenvalue weighted by atomic mass is 35.5. The number of halogens is 1. The van der Waals surface area contributed by atoms with Gasteiger partial charge in [-0.15, -0.1) is 12.4 Å². The smallest absolute Gasteiger partial charge is 0.262 e. The van der Waals surface area contributed by atoms with Gasteiger partial charge in [0, 0.05) is 0 Å². The summed E-state index contributed by atoms with van der Waals surface area (Å²) in [6.07, 6.45) is 1.51. The molecule has 0 unspecified atom stereocenters. The molecule has 0 atom stereocenters. The van der Waals surface area contributed by atoms with Crippen LogP contribution in [0.1, 0.15) is 30.9 Å². The quantitative estimate of drug-likeness (QED) is 0.876. The number of hydrogen-bond acceptors (Lipinski definition) is 4. The van der Waals surface area contributed by atoms with Gasteiger partial charge in [0.15, 0.2) is 6.61 Å². The van der Waals surface area contributed by atoms with Crippen LogP contribution in [-0.2, 0) is 4.79 Å². The van der Waals surface area contributed by atoms with Gasteiger partial charge in [0.25, 0.3) is 5.91 Å². The zero-order chi connectivity index (χ0) is 16.1. The van der Waals surface area contributed by atoms with Gasteiger partial charge in [0.05, 0.1) is 11.9 Å². The molecule has 0 spiro atoms. The first-order valence-electron chi connectivity index (χ1n) is 7.20. The Morgan fingerprint density at radius 2 is 2.04 bits per heavy atom. The molecular weight excluding hydrogens is 314 g/mol. The highest BCUT2D eigenvalue weighted by Crippen LogP contribution is 2.27. The minimum Gasteiger partial charge on any atom is -0.483 e. The summed E-state index contributed by atoms with van der Waals surface area (Å²) in [6, 6.07) is 9.37. The van der Waals surface area contributed by atoms with Crippen molar-refractivity contribution in [2.75, 3.05) is 17.7 Å². The number of carbonyl (C=O) groups excluding carboxylic acids is 1. The molecule has 0 bridgehead atoms. The Morgan fingerprint density at radius 3 is 2.65 bits per heavy atom. The van der Waals surface area contributed by atoms with E-state index in [-0.39, 0.29) is 24.9 Å². The van der Waals surface area contributed by atoms with Crippen LogP contribution in [0.15, 0.2) is 36.5 Å². The van der Waals surface area contributed by atoms with Crippen molar-refractivity contribution in [3.63, 3.8) is 0 Å². The molecule has 2 rings (SSSR count). The number of aryl methyl sites for hydroxylation is 1. The minimum atomic E-state index is -0.234. The molecule has 0 aliphatic heterocycles. The summed E-state index contributed by atoms with van der Waals surface area (Å²) in [4.78, 5) is 15.9. The van der Waals surface area contributed by atoms with E-state index in [1.165, 1.54) is 6.20 Å². The highest BCUT2D eigenvalue weighted by Gasteiger charge is 2.10. The number of nitrogen functional groups attached to an aromatic ring is 1. The average molecular weight is 336 g/mol. The topological polar surface area (TPSA) is 77.2 Å². The Morgan fingerprint density at radius 1 is 1.30 bits per heavy atom. The normalized spacial score (nSPS) is 10.1. The van der Waals surface area contributed by atoms with Gasteiger partial charge in [-0.1, -0.05) is 26.0 Å². The lowest BCUT2D eigenvalue weighted by Crippen LogP contribution is -2.20. The van der Waals surface area contributed by atoms with Crippen molar-refractivity contribution < 1.29 is 9.53 Å². The number of hydrogen-bond donors (Lipinski definition) is 2. The molecule has 0 fully saturated rings. The van der Waals surface area contributed by atoms with Crippen molar-refractivity contribution >= 4 is 29.8 Å². The lowest BCUT2D eigenvalue weighted by atomic mass is 10.0. The second-order valence-corrected chi connectivity index (χ2v) is 5.50. The number of nitrogens with two attached hydrogens (primary N) is 1. The number of aromatic nitrogens is 1. The summed E-state index contributed by atoms with van der Waals surface area (Å²) in [6.45, 7) is 6.14. The third-order valence-corrected chi connectivity index (χ3v) is 3.22. The number of rotatable bonds is 5. The summed E-state index contributed by atoms with van der Waals surface area (Å²) >= 11 is 0. The van der Waals surface area contributed by atoms with Crippen molar-refractivity contribution in [1.29, 1.82) is 0 Å². The fraction of sp³-hybridized carbons (Fsp3) is 0.294. The fourth-order valence-electron chi connectivity index (χ4n) is 2.06. The number of anilines is 2. The summed E-state index contributed by atoms with van der Waals surface area (Å²) in [5, 5.41) is 2.72. The molecule has 3 N–H and O–H groups in total. The number of nitrogens with one attached hydrogen (secondary N) is 1. The molecule has 0 saturated carbocycles. The SMILES string of the molecule is Cc1ccc(C(C)C)c(OCC(=O)Nc2ccc(N)nc2)c1.Cl. The van der Waals surface area contributed by atoms with E-state index in [1.807, 2.05) is 25.1 Å². The number of amides is 1. The Balaban J connectivity index is 0.00000264. The van der Waals surface area contributed by atoms with Crippen LogP contribution in [0.25, 0.3) is 0 Å². The summed E-state index contributed by atoms with van der Waals surface area (Å²) in [5.74, 6) is 1.26. The molecule has 0 radical (unpaired) electrons. The number of pyridine rings is 1. The van der Waals surface area contributed by atoms with Crippen LogP contribution in [0, 0.1) is 6.92 Å². The first-order chi connectivity index (χ1) is 10.5. The molecule has 0 aliphatic rings. The van der Waals surface area contributed by atoms with Gasteiger partial charge in [-0.3, -0.25) is 4.79 Å². The third kappa shape index (κ3) is 5.45. The zero-order valence-corrected chi connectivity index (χ0v) is 14.3. The molecule has 6 heteroatoms. The maximum Gasteiger partial charge on any atom is 0.262 e. The Kier molecular flexibility index (Phi) is 6.85. The maximum absolute atomic E-state index is 11.9. The summed E-state index contributed by atoms with van der Waals surface area (Å²) in [5.41, 5.74) is 8.29. The van der Waals surface area contributed by atoms with Crippen molar-refractivity contribution in [2.45, 2.75) is 26.7 Å². The van der Waals surface area contributed by atoms with Crippen LogP contribution in [0.5, 0.6) is 5.75 Å². The highest BCUT2D eigenvalue weighted by molar-refractivity contribution is 5.91. The number of carbonyl (C=O) groups is 1. The monoisotopic (exact) mass is 335 g/mol. The first-order valence-corrected chi connectivity index (χ1v) is 7.20. The van der Waals surface area contributed by atoms with Crippen molar-refractivity contribution in [3.8, 4) is 5.75 Å². The van der Waals surface area contributed by atoms with E-state index < -0.39 is 0 Å². The molecule has 5 nitrogen and oxygen atoms in total. The van der Waals surface area contributed by atoms with Crippen LogP contribution in [-0.4, -0.2) is 17.5 Å². The second-order valence-electron chi connectivity index (χ2n) is 5.50. The van der Waals surface area contributed by atoms with E-state index in [2.05, 4.69) is 24.1 Å². The van der Waals surface area contributed by atoms with Crippen LogP contribution >= 0.6 is 12.4 Å². The van der Waals surface area contributed by atoms with Gasteiger partial charge in [-0.2, -0.15) is 0 Å². The van der Waals surface area contributed by atoms with Gasteiger partial charge in [0.2, 0.25) is 0 Å². The van der Waals surface area contributed by atoms with Gasteiger partial charge >= 0.3 is 0 Å². The second kappa shape index (κ2) is 8.39. The molecule has 1 amide bonds. The number of ether oxygens (including phenoxy) is 1. The van der Waals surface area contributed by atoms with Gasteiger partial charge in [0.1, 0.15) is 11.6 Å². The third-order valence-electron chi connectivity index (χ3n) is 3.22. The molecule has 0 saturated heterocycles. The van der Waals surface area contributed by atoms with Crippen molar-refractivity contribution in [1.82, 2.24) is 4.98 Å². The minimum absolute atomic E-state index is 0. The Hall–Kier alpha value is -2.27. The largest absolute Gasteiger partial charge is 0.483 e. The summed E-state index contributed by atoms with van der Waals surface area (Å²) < 4.78 is 5.68. The predicted molar refractivity (Wildman–Crippen MR) is 95.3 cm³/mol. The number of benzene rings is 1. The van der Waals surface area contributed by atoms with Crippen LogP contribution in [0.2, 0.25) is 0 Å². The number of nitrogens with zero attached hydrogens (tertiary/aromatic N) is 1. The van der Waals surface area contributed by atoms with Gasteiger partial charge in [-0.05, 0) is 42.2 Å². The van der Waals surface area contributed by atoms with Gasteiger partial charge in [-0.25, -0.2) is 4.98 Å². The first kappa shape index (κ1) is 18.8.